The van der Waals surface area contributed by atoms with E-state index in [1.54, 1.807) is 6.07 Å². The topological polar surface area (TPSA) is 93.1 Å². The van der Waals surface area contributed by atoms with E-state index in [-0.39, 0.29) is 5.75 Å². The first kappa shape index (κ1) is 17.1. The SMILES string of the molecule is Cc1ccc(O)c(C)c1-n1c2nc(C)c(N(C)C)cc2c2c(N)ncnc21. The fraction of sp³-hybridized carbons (Fsp3) is 0.250. The zero-order valence-corrected chi connectivity index (χ0v) is 16.1. The minimum atomic E-state index is 0.231. The van der Waals surface area contributed by atoms with Crippen LogP contribution in [0.25, 0.3) is 27.8 Å². The van der Waals surface area contributed by atoms with E-state index in [2.05, 4.69) is 16.0 Å². The van der Waals surface area contributed by atoms with Crippen molar-refractivity contribution in [2.75, 3.05) is 24.7 Å². The van der Waals surface area contributed by atoms with E-state index in [9.17, 15) is 5.11 Å². The number of nitrogens with two attached hydrogens (primary N) is 1. The summed E-state index contributed by atoms with van der Waals surface area (Å²) in [4.78, 5) is 15.6. The molecule has 7 heteroatoms. The van der Waals surface area contributed by atoms with Gasteiger partial charge in [-0.2, -0.15) is 0 Å². The van der Waals surface area contributed by atoms with Crippen molar-refractivity contribution in [3.8, 4) is 11.4 Å². The third-order valence-corrected chi connectivity index (χ3v) is 5.03. The van der Waals surface area contributed by atoms with E-state index >= 15 is 0 Å². The number of nitrogens with zero attached hydrogens (tertiary/aromatic N) is 5. The summed E-state index contributed by atoms with van der Waals surface area (Å²) >= 11 is 0. The van der Waals surface area contributed by atoms with Crippen LogP contribution in [0.3, 0.4) is 0 Å². The molecule has 4 rings (SSSR count). The summed E-state index contributed by atoms with van der Waals surface area (Å²) in [5.74, 6) is 0.642. The number of hydrogen-bond acceptors (Lipinski definition) is 6. The molecule has 3 heterocycles. The van der Waals surface area contributed by atoms with Crippen LogP contribution >= 0.6 is 0 Å². The summed E-state index contributed by atoms with van der Waals surface area (Å²) < 4.78 is 1.97. The largest absolute Gasteiger partial charge is 0.508 e. The number of aryl methyl sites for hydroxylation is 2. The van der Waals surface area contributed by atoms with Gasteiger partial charge in [0.1, 0.15) is 23.5 Å². The van der Waals surface area contributed by atoms with E-state index < -0.39 is 0 Å². The second-order valence-electron chi connectivity index (χ2n) is 7.03. The molecule has 0 aliphatic carbocycles. The van der Waals surface area contributed by atoms with E-state index in [1.165, 1.54) is 6.33 Å². The molecule has 27 heavy (non-hydrogen) atoms. The number of rotatable bonds is 2. The molecule has 0 saturated heterocycles. The average Bonchev–Trinajstić information content (AvgIpc) is 2.92. The van der Waals surface area contributed by atoms with Gasteiger partial charge in [0.2, 0.25) is 0 Å². The van der Waals surface area contributed by atoms with E-state index in [0.717, 1.165) is 44.6 Å². The number of fused-ring (bicyclic) bond motifs is 3. The molecule has 0 unspecified atom stereocenters. The van der Waals surface area contributed by atoms with Crippen LogP contribution in [0.1, 0.15) is 16.8 Å². The average molecular weight is 362 g/mol. The Hall–Kier alpha value is -3.35. The molecule has 0 saturated carbocycles. The van der Waals surface area contributed by atoms with Crippen LogP contribution in [0.2, 0.25) is 0 Å². The first-order valence-electron chi connectivity index (χ1n) is 8.70. The molecule has 0 bridgehead atoms. The standard InChI is InChI=1S/C20H22N6O/c1-10-6-7-15(27)11(2)17(10)26-19-13(8-14(25(4)5)12(3)24-19)16-18(21)22-9-23-20(16)26/h6-9,27H,1-5H3,(H2,21,22,23). The fourth-order valence-electron chi connectivity index (χ4n) is 3.69. The van der Waals surface area contributed by atoms with Crippen LogP contribution in [0, 0.1) is 20.8 Å². The van der Waals surface area contributed by atoms with Crippen LogP contribution in [-0.4, -0.2) is 38.7 Å². The summed E-state index contributed by atoms with van der Waals surface area (Å²) in [5, 5.41) is 12.0. The maximum Gasteiger partial charge on any atom is 0.152 e. The first-order valence-corrected chi connectivity index (χ1v) is 8.70. The lowest BCUT2D eigenvalue weighted by Gasteiger charge is -2.17. The van der Waals surface area contributed by atoms with Crippen molar-refractivity contribution in [1.29, 1.82) is 0 Å². The van der Waals surface area contributed by atoms with Crippen molar-refractivity contribution in [3.63, 3.8) is 0 Å². The van der Waals surface area contributed by atoms with Gasteiger partial charge in [-0.1, -0.05) is 6.07 Å². The van der Waals surface area contributed by atoms with Gasteiger partial charge in [-0.05, 0) is 38.5 Å². The van der Waals surface area contributed by atoms with Gasteiger partial charge in [-0.25, -0.2) is 15.0 Å². The molecular formula is C20H22N6O. The normalized spacial score (nSPS) is 11.4. The van der Waals surface area contributed by atoms with Gasteiger partial charge in [-0.3, -0.25) is 4.57 Å². The number of nitrogen functional groups attached to an aromatic ring is 1. The van der Waals surface area contributed by atoms with E-state index in [4.69, 9.17) is 10.7 Å². The monoisotopic (exact) mass is 362 g/mol. The third kappa shape index (κ3) is 2.38. The van der Waals surface area contributed by atoms with Crippen LogP contribution in [0.15, 0.2) is 24.5 Å². The Kier molecular flexibility index (Phi) is 3.69. The second-order valence-corrected chi connectivity index (χ2v) is 7.03. The number of pyridine rings is 1. The van der Waals surface area contributed by atoms with E-state index in [0.29, 0.717) is 11.5 Å². The molecule has 1 aromatic carbocycles. The number of aromatic nitrogens is 4. The minimum absolute atomic E-state index is 0.231. The van der Waals surface area contributed by atoms with Crippen molar-refractivity contribution < 1.29 is 5.11 Å². The minimum Gasteiger partial charge on any atom is -0.508 e. The van der Waals surface area contributed by atoms with Gasteiger partial charge < -0.3 is 15.7 Å². The number of aromatic hydroxyl groups is 1. The number of anilines is 2. The Bertz CT molecular complexity index is 1210. The lowest BCUT2D eigenvalue weighted by atomic mass is 10.1. The van der Waals surface area contributed by atoms with Crippen molar-refractivity contribution in [2.45, 2.75) is 20.8 Å². The lowest BCUT2D eigenvalue weighted by molar-refractivity contribution is 0.470. The molecule has 3 N–H and O–H groups in total. The molecule has 0 radical (unpaired) electrons. The number of phenolic OH excluding ortho intramolecular Hbond substituents is 1. The Labute approximate surface area is 157 Å². The predicted octanol–water partition coefficient (Wildman–Crippen LogP) is 3.25. The molecule has 0 amide bonds. The van der Waals surface area contributed by atoms with Gasteiger partial charge >= 0.3 is 0 Å². The molecule has 4 aromatic rings. The fourth-order valence-corrected chi connectivity index (χ4v) is 3.69. The van der Waals surface area contributed by atoms with Crippen LogP contribution in [0.5, 0.6) is 5.75 Å². The van der Waals surface area contributed by atoms with Crippen molar-refractivity contribution in [1.82, 2.24) is 19.5 Å². The van der Waals surface area contributed by atoms with Crippen LogP contribution in [0.4, 0.5) is 11.5 Å². The highest BCUT2D eigenvalue weighted by atomic mass is 16.3. The quantitative estimate of drug-likeness (QED) is 0.569. The second kappa shape index (κ2) is 5.84. The highest BCUT2D eigenvalue weighted by Crippen LogP contribution is 2.38. The molecule has 138 valence electrons. The summed E-state index contributed by atoms with van der Waals surface area (Å²) in [7, 11) is 3.97. The van der Waals surface area contributed by atoms with Gasteiger partial charge in [0, 0.05) is 25.0 Å². The van der Waals surface area contributed by atoms with Crippen LogP contribution < -0.4 is 10.6 Å². The number of benzene rings is 1. The van der Waals surface area contributed by atoms with Crippen molar-refractivity contribution >= 4 is 33.6 Å². The summed E-state index contributed by atoms with van der Waals surface area (Å²) in [6, 6.07) is 5.67. The highest BCUT2D eigenvalue weighted by molar-refractivity contribution is 6.12. The molecule has 0 atom stereocenters. The zero-order chi connectivity index (χ0) is 19.5. The van der Waals surface area contributed by atoms with Gasteiger partial charge in [0.05, 0.1) is 22.5 Å². The van der Waals surface area contributed by atoms with Crippen LogP contribution in [-0.2, 0) is 0 Å². The molecule has 0 aliphatic rings. The van der Waals surface area contributed by atoms with Gasteiger partial charge in [0.25, 0.3) is 0 Å². The lowest BCUT2D eigenvalue weighted by Crippen LogP contribution is -2.11. The molecule has 0 fully saturated rings. The Morgan fingerprint density at radius 3 is 2.52 bits per heavy atom. The Morgan fingerprint density at radius 2 is 1.81 bits per heavy atom. The Balaban J connectivity index is 2.26. The predicted molar refractivity (Wildman–Crippen MR) is 109 cm³/mol. The number of phenols is 1. The summed E-state index contributed by atoms with van der Waals surface area (Å²) in [6.45, 7) is 5.87. The Morgan fingerprint density at radius 1 is 1.07 bits per heavy atom. The third-order valence-electron chi connectivity index (χ3n) is 5.03. The molecule has 7 nitrogen and oxygen atoms in total. The number of hydrogen-bond donors (Lipinski definition) is 2. The molecular weight excluding hydrogens is 340 g/mol. The highest BCUT2D eigenvalue weighted by Gasteiger charge is 2.22. The van der Waals surface area contributed by atoms with Crippen molar-refractivity contribution in [2.24, 2.45) is 0 Å². The molecule has 0 aliphatic heterocycles. The summed E-state index contributed by atoms with van der Waals surface area (Å²) in [5.41, 5.74) is 12.2. The smallest absolute Gasteiger partial charge is 0.152 e. The first-order chi connectivity index (χ1) is 12.8. The molecule has 3 aromatic heterocycles. The van der Waals surface area contributed by atoms with Gasteiger partial charge in [-0.15, -0.1) is 0 Å². The maximum atomic E-state index is 10.3. The maximum absolute atomic E-state index is 10.3. The van der Waals surface area contributed by atoms with Gasteiger partial charge in [0.15, 0.2) is 5.65 Å². The molecule has 0 spiro atoms. The van der Waals surface area contributed by atoms with Crippen molar-refractivity contribution in [3.05, 3.63) is 41.3 Å². The summed E-state index contributed by atoms with van der Waals surface area (Å²) in [6.07, 6.45) is 1.46. The van der Waals surface area contributed by atoms with E-state index in [1.807, 2.05) is 50.4 Å². The zero-order valence-electron chi connectivity index (χ0n) is 16.1.